The second-order valence-corrected chi connectivity index (χ2v) is 4.22. The summed E-state index contributed by atoms with van der Waals surface area (Å²) in [6.07, 6.45) is 5.13. The summed E-state index contributed by atoms with van der Waals surface area (Å²) in [4.78, 5) is 18.2. The van der Waals surface area contributed by atoms with Gasteiger partial charge in [0, 0.05) is 7.05 Å². The lowest BCUT2D eigenvalue weighted by atomic mass is 10.3. The Morgan fingerprint density at radius 3 is 2.71 bits per heavy atom. The number of hydrogen-bond acceptors (Lipinski definition) is 3. The largest absolute Gasteiger partial charge is 0.330 e. The quantitative estimate of drug-likeness (QED) is 0.689. The highest BCUT2D eigenvalue weighted by Crippen LogP contribution is 2.18. The second kappa shape index (κ2) is 4.25. The van der Waals surface area contributed by atoms with Crippen LogP contribution in [0.5, 0.6) is 0 Å². The second-order valence-electron chi connectivity index (χ2n) is 3.01. The third-order valence-electron chi connectivity index (χ3n) is 1.77. The van der Waals surface area contributed by atoms with Gasteiger partial charge in [-0.05, 0) is 13.8 Å². The lowest BCUT2D eigenvalue weighted by Gasteiger charge is -2.12. The van der Waals surface area contributed by atoms with Crippen LogP contribution in [0.2, 0.25) is 0 Å². The molecule has 74 valence electrons. The molecule has 0 bridgehead atoms. The molecule has 0 saturated heterocycles. The van der Waals surface area contributed by atoms with Crippen molar-refractivity contribution < 1.29 is 4.79 Å². The smallest absolute Gasteiger partial charge is 0.266 e. The first-order chi connectivity index (χ1) is 6.56. The van der Waals surface area contributed by atoms with Gasteiger partial charge in [-0.25, -0.2) is 4.98 Å². The summed E-state index contributed by atoms with van der Waals surface area (Å²) < 4.78 is 0. The van der Waals surface area contributed by atoms with Crippen LogP contribution < -0.4 is 0 Å². The molecule has 1 aromatic heterocycles. The van der Waals surface area contributed by atoms with Gasteiger partial charge in [0.15, 0.2) is 0 Å². The number of amides is 1. The van der Waals surface area contributed by atoms with E-state index in [0.717, 1.165) is 10.7 Å². The van der Waals surface area contributed by atoms with E-state index in [1.165, 1.54) is 16.2 Å². The minimum absolute atomic E-state index is 0.0500. The number of aromatic nitrogens is 1. The van der Waals surface area contributed by atoms with Crippen molar-refractivity contribution in [2.24, 2.45) is 0 Å². The lowest BCUT2D eigenvalue weighted by Crippen LogP contribution is -2.26. The molecule has 0 saturated carbocycles. The first kappa shape index (κ1) is 10.7. The highest BCUT2D eigenvalue weighted by Gasteiger charge is 2.16. The van der Waals surface area contributed by atoms with E-state index in [1.807, 2.05) is 13.8 Å². The number of rotatable bonds is 2. The van der Waals surface area contributed by atoms with E-state index in [2.05, 4.69) is 10.9 Å². The molecule has 0 aliphatic carbocycles. The number of terminal acetylenes is 1. The van der Waals surface area contributed by atoms with Gasteiger partial charge < -0.3 is 4.90 Å². The fourth-order valence-electron chi connectivity index (χ4n) is 1.11. The van der Waals surface area contributed by atoms with Crippen molar-refractivity contribution in [2.75, 3.05) is 13.6 Å². The Morgan fingerprint density at radius 1 is 1.64 bits per heavy atom. The van der Waals surface area contributed by atoms with Crippen molar-refractivity contribution in [3.05, 3.63) is 15.6 Å². The summed E-state index contributed by atoms with van der Waals surface area (Å²) in [7, 11) is 1.69. The van der Waals surface area contributed by atoms with Crippen LogP contribution in [0.25, 0.3) is 0 Å². The summed E-state index contributed by atoms with van der Waals surface area (Å²) in [5.41, 5.74) is 0.779. The van der Waals surface area contributed by atoms with Gasteiger partial charge >= 0.3 is 0 Å². The summed E-state index contributed by atoms with van der Waals surface area (Å²) in [6.45, 7) is 4.05. The van der Waals surface area contributed by atoms with Crippen LogP contribution in [0.1, 0.15) is 20.4 Å². The minimum atomic E-state index is -0.0500. The number of carbonyl (C=O) groups excluding carboxylic acids is 1. The zero-order chi connectivity index (χ0) is 10.7. The molecule has 0 aliphatic heterocycles. The van der Waals surface area contributed by atoms with Gasteiger partial charge in [-0.15, -0.1) is 17.8 Å². The Morgan fingerprint density at radius 2 is 2.29 bits per heavy atom. The monoisotopic (exact) mass is 208 g/mol. The Balaban J connectivity index is 2.90. The maximum Gasteiger partial charge on any atom is 0.266 e. The molecular formula is C10H12N2OS. The fraction of sp³-hybridized carbons (Fsp3) is 0.400. The third-order valence-corrected chi connectivity index (χ3v) is 2.83. The average Bonchev–Trinajstić information content (AvgIpc) is 2.44. The van der Waals surface area contributed by atoms with Crippen molar-refractivity contribution in [2.45, 2.75) is 13.8 Å². The van der Waals surface area contributed by atoms with Crippen LogP contribution in [-0.4, -0.2) is 29.4 Å². The molecule has 4 heteroatoms. The summed E-state index contributed by atoms with van der Waals surface area (Å²) in [5, 5.41) is 0.903. The van der Waals surface area contributed by atoms with Gasteiger partial charge in [0.1, 0.15) is 4.88 Å². The normalized spacial score (nSPS) is 9.57. The molecular weight excluding hydrogens is 196 g/mol. The molecule has 0 atom stereocenters. The maximum absolute atomic E-state index is 11.8. The van der Waals surface area contributed by atoms with Crippen molar-refractivity contribution >= 4 is 17.2 Å². The predicted octanol–water partition coefficient (Wildman–Crippen LogP) is 1.47. The molecule has 0 N–H and O–H groups in total. The third kappa shape index (κ3) is 2.12. The molecule has 1 heterocycles. The highest BCUT2D eigenvalue weighted by atomic mass is 32.1. The number of carbonyl (C=O) groups is 1. The topological polar surface area (TPSA) is 33.2 Å². The van der Waals surface area contributed by atoms with E-state index in [0.29, 0.717) is 11.4 Å². The number of hydrogen-bond donors (Lipinski definition) is 0. The first-order valence-corrected chi connectivity index (χ1v) is 5.01. The van der Waals surface area contributed by atoms with Crippen LogP contribution in [0.15, 0.2) is 0 Å². The van der Waals surface area contributed by atoms with Crippen LogP contribution in [0, 0.1) is 26.2 Å². The Bertz CT molecular complexity index is 389. The summed E-state index contributed by atoms with van der Waals surface area (Å²) >= 11 is 1.41. The highest BCUT2D eigenvalue weighted by molar-refractivity contribution is 7.13. The van der Waals surface area contributed by atoms with E-state index in [1.54, 1.807) is 7.05 Å². The molecule has 1 rings (SSSR count). The van der Waals surface area contributed by atoms with Gasteiger partial charge in [0.25, 0.3) is 5.91 Å². The fourth-order valence-corrected chi connectivity index (χ4v) is 2.03. The zero-order valence-electron chi connectivity index (χ0n) is 8.50. The first-order valence-electron chi connectivity index (χ1n) is 4.19. The number of nitrogens with zero attached hydrogens (tertiary/aromatic N) is 2. The van der Waals surface area contributed by atoms with Crippen LogP contribution in [0.4, 0.5) is 0 Å². The lowest BCUT2D eigenvalue weighted by molar-refractivity contribution is 0.0816. The van der Waals surface area contributed by atoms with E-state index in [9.17, 15) is 4.79 Å². The molecule has 0 unspecified atom stereocenters. The molecule has 0 spiro atoms. The van der Waals surface area contributed by atoms with Gasteiger partial charge in [-0.2, -0.15) is 0 Å². The van der Waals surface area contributed by atoms with Gasteiger partial charge in [-0.3, -0.25) is 4.79 Å². The number of thiazole rings is 1. The van der Waals surface area contributed by atoms with Crippen LogP contribution in [0.3, 0.4) is 0 Å². The molecule has 1 amide bonds. The molecule has 1 aromatic rings. The van der Waals surface area contributed by atoms with Gasteiger partial charge in [0.2, 0.25) is 0 Å². The zero-order valence-corrected chi connectivity index (χ0v) is 9.31. The number of aryl methyl sites for hydroxylation is 2. The molecule has 0 fully saturated rings. The average molecular weight is 208 g/mol. The van der Waals surface area contributed by atoms with Crippen molar-refractivity contribution in [1.29, 1.82) is 0 Å². The van der Waals surface area contributed by atoms with Gasteiger partial charge in [0.05, 0.1) is 17.2 Å². The maximum atomic E-state index is 11.8. The van der Waals surface area contributed by atoms with Crippen LogP contribution in [-0.2, 0) is 0 Å². The molecule has 14 heavy (non-hydrogen) atoms. The summed E-state index contributed by atoms with van der Waals surface area (Å²) in [6, 6.07) is 0. The van der Waals surface area contributed by atoms with Crippen molar-refractivity contribution in [3.8, 4) is 12.3 Å². The van der Waals surface area contributed by atoms with E-state index >= 15 is 0 Å². The van der Waals surface area contributed by atoms with Crippen molar-refractivity contribution in [1.82, 2.24) is 9.88 Å². The SMILES string of the molecule is C#CCN(C)C(=O)c1sc(C)nc1C. The molecule has 0 aliphatic rings. The molecule has 3 nitrogen and oxygen atoms in total. The van der Waals surface area contributed by atoms with Gasteiger partial charge in [-0.1, -0.05) is 5.92 Å². The Kier molecular flexibility index (Phi) is 3.26. The van der Waals surface area contributed by atoms with E-state index in [-0.39, 0.29) is 5.91 Å². The molecule has 0 radical (unpaired) electrons. The van der Waals surface area contributed by atoms with E-state index < -0.39 is 0 Å². The predicted molar refractivity (Wildman–Crippen MR) is 57.4 cm³/mol. The summed E-state index contributed by atoms with van der Waals surface area (Å²) in [5.74, 6) is 2.38. The standard InChI is InChI=1S/C10H12N2OS/c1-5-6-12(4)10(13)9-7(2)11-8(3)14-9/h1H,6H2,2-4H3. The Hall–Kier alpha value is -1.34. The van der Waals surface area contributed by atoms with Crippen molar-refractivity contribution in [3.63, 3.8) is 0 Å². The van der Waals surface area contributed by atoms with E-state index in [4.69, 9.17) is 6.42 Å². The Labute approximate surface area is 87.8 Å². The minimum Gasteiger partial charge on any atom is -0.330 e. The van der Waals surface area contributed by atoms with Crippen LogP contribution >= 0.6 is 11.3 Å². The molecule has 0 aromatic carbocycles.